The Kier molecular flexibility index (Phi) is 5.77. The van der Waals surface area contributed by atoms with E-state index in [-0.39, 0.29) is 36.6 Å². The Bertz CT molecular complexity index is 951. The van der Waals surface area contributed by atoms with Gasteiger partial charge in [0.25, 0.3) is 17.4 Å². The third-order valence-electron chi connectivity index (χ3n) is 4.72. The van der Waals surface area contributed by atoms with Crippen LogP contribution in [0.25, 0.3) is 0 Å². The maximum Gasteiger partial charge on any atom is 0.263 e. The number of aromatic nitrogens is 1. The van der Waals surface area contributed by atoms with Gasteiger partial charge in [0, 0.05) is 19.3 Å². The van der Waals surface area contributed by atoms with Crippen LogP contribution < -0.4 is 20.9 Å². The second kappa shape index (κ2) is 8.24. The number of hydrogen-bond acceptors (Lipinski definition) is 4. The highest BCUT2D eigenvalue weighted by Crippen LogP contribution is 2.23. The van der Waals surface area contributed by atoms with Crippen LogP contribution in [0.2, 0.25) is 0 Å². The predicted molar refractivity (Wildman–Crippen MR) is 102 cm³/mol. The number of carbonyl (C=O) groups excluding carboxylic acids is 2. The van der Waals surface area contributed by atoms with Gasteiger partial charge in [-0.1, -0.05) is 12.1 Å². The molecule has 0 spiro atoms. The number of nitrogens with one attached hydrogen (secondary N) is 2. The fourth-order valence-electron chi connectivity index (χ4n) is 3.08. The minimum absolute atomic E-state index is 0.130. The molecule has 0 saturated heterocycles. The Morgan fingerprint density at radius 2 is 2.00 bits per heavy atom. The average Bonchev–Trinajstić information content (AvgIpc) is 2.67. The van der Waals surface area contributed by atoms with Crippen LogP contribution >= 0.6 is 0 Å². The van der Waals surface area contributed by atoms with Crippen molar-refractivity contribution in [3.8, 4) is 5.75 Å². The third-order valence-corrected chi connectivity index (χ3v) is 4.72. The van der Waals surface area contributed by atoms with Gasteiger partial charge in [0.05, 0.1) is 19.2 Å². The summed E-state index contributed by atoms with van der Waals surface area (Å²) in [6, 6.07) is 8.20. The van der Waals surface area contributed by atoms with Crippen LogP contribution in [0.5, 0.6) is 5.75 Å². The van der Waals surface area contributed by atoms with Gasteiger partial charge >= 0.3 is 0 Å². The Morgan fingerprint density at radius 1 is 1.25 bits per heavy atom. The van der Waals surface area contributed by atoms with E-state index in [1.807, 2.05) is 6.07 Å². The molecule has 28 heavy (non-hydrogen) atoms. The lowest BCUT2D eigenvalue weighted by atomic mass is 9.90. The average molecular weight is 387 g/mol. The maximum atomic E-state index is 13.0. The molecule has 2 aromatic rings. The van der Waals surface area contributed by atoms with E-state index < -0.39 is 23.5 Å². The summed E-state index contributed by atoms with van der Waals surface area (Å²) in [5, 5.41) is 5.14. The van der Waals surface area contributed by atoms with Gasteiger partial charge < -0.3 is 19.9 Å². The largest absolute Gasteiger partial charge is 0.497 e. The van der Waals surface area contributed by atoms with E-state index in [1.54, 1.807) is 25.3 Å². The highest BCUT2D eigenvalue weighted by atomic mass is 19.1. The number of amides is 2. The zero-order chi connectivity index (χ0) is 20.3. The Balaban J connectivity index is 1.94. The summed E-state index contributed by atoms with van der Waals surface area (Å²) < 4.78 is 19.5. The minimum atomic E-state index is -0.895. The van der Waals surface area contributed by atoms with E-state index in [0.717, 1.165) is 5.56 Å². The molecule has 2 N–H and O–H groups in total. The number of pyridine rings is 1. The Labute approximate surface area is 161 Å². The molecule has 1 saturated carbocycles. The first-order chi connectivity index (χ1) is 13.4. The van der Waals surface area contributed by atoms with E-state index >= 15 is 0 Å². The van der Waals surface area contributed by atoms with Gasteiger partial charge in [0.1, 0.15) is 17.5 Å². The van der Waals surface area contributed by atoms with Crippen molar-refractivity contribution >= 4 is 11.8 Å². The molecule has 0 aliphatic heterocycles. The van der Waals surface area contributed by atoms with Crippen LogP contribution in [0, 0.1) is 0 Å². The first-order valence-electron chi connectivity index (χ1n) is 8.95. The third kappa shape index (κ3) is 4.21. The highest BCUT2D eigenvalue weighted by molar-refractivity contribution is 5.99. The molecule has 1 aliphatic rings. The summed E-state index contributed by atoms with van der Waals surface area (Å²) >= 11 is 0. The van der Waals surface area contributed by atoms with Gasteiger partial charge in [-0.3, -0.25) is 14.4 Å². The van der Waals surface area contributed by atoms with Gasteiger partial charge in [0.2, 0.25) is 0 Å². The SMILES string of the molecule is CNC(=O)c1cc(C(=O)NC2CC(F)C2)cn(Cc2cccc(OC)c2)c1=O. The summed E-state index contributed by atoms with van der Waals surface area (Å²) in [6.45, 7) is 0.164. The molecular formula is C20H22FN3O4. The fraction of sp³-hybridized carbons (Fsp3) is 0.350. The summed E-state index contributed by atoms with van der Waals surface area (Å²) in [6.07, 6.45) is 1.07. The molecule has 2 amide bonds. The van der Waals surface area contributed by atoms with Crippen molar-refractivity contribution in [1.29, 1.82) is 0 Å². The van der Waals surface area contributed by atoms with Gasteiger partial charge in [-0.25, -0.2) is 4.39 Å². The molecule has 3 rings (SSSR count). The van der Waals surface area contributed by atoms with E-state index in [2.05, 4.69) is 10.6 Å². The number of methoxy groups -OCH3 is 1. The number of carbonyl (C=O) groups is 2. The molecule has 0 unspecified atom stereocenters. The number of rotatable bonds is 6. The van der Waals surface area contributed by atoms with Crippen molar-refractivity contribution in [2.24, 2.45) is 0 Å². The summed E-state index contributed by atoms with van der Waals surface area (Å²) in [4.78, 5) is 37.4. The molecule has 1 aromatic heterocycles. The maximum absolute atomic E-state index is 13.0. The van der Waals surface area contributed by atoms with Crippen molar-refractivity contribution in [2.75, 3.05) is 14.2 Å². The number of alkyl halides is 1. The summed E-state index contributed by atoms with van der Waals surface area (Å²) in [7, 11) is 2.96. The van der Waals surface area contributed by atoms with Crippen molar-refractivity contribution in [1.82, 2.24) is 15.2 Å². The molecule has 1 heterocycles. The Morgan fingerprint density at radius 3 is 2.64 bits per heavy atom. The monoisotopic (exact) mass is 387 g/mol. The first-order valence-corrected chi connectivity index (χ1v) is 8.95. The predicted octanol–water partition coefficient (Wildman–Crippen LogP) is 1.50. The van der Waals surface area contributed by atoms with E-state index in [1.165, 1.54) is 23.9 Å². The van der Waals surface area contributed by atoms with Crippen molar-refractivity contribution in [3.63, 3.8) is 0 Å². The lowest BCUT2D eigenvalue weighted by molar-refractivity contribution is 0.0859. The van der Waals surface area contributed by atoms with Crippen LogP contribution in [0.15, 0.2) is 41.3 Å². The van der Waals surface area contributed by atoms with Gasteiger partial charge in [-0.05, 0) is 36.6 Å². The molecule has 7 nitrogen and oxygen atoms in total. The number of benzene rings is 1. The second-order valence-electron chi connectivity index (χ2n) is 6.75. The normalized spacial score (nSPS) is 18.1. The fourth-order valence-corrected chi connectivity index (χ4v) is 3.08. The van der Waals surface area contributed by atoms with Gasteiger partial charge in [-0.15, -0.1) is 0 Å². The topological polar surface area (TPSA) is 89.4 Å². The van der Waals surface area contributed by atoms with E-state index in [0.29, 0.717) is 5.75 Å². The first kappa shape index (κ1) is 19.6. The van der Waals surface area contributed by atoms with Crippen LogP contribution in [-0.4, -0.2) is 42.8 Å². The number of ether oxygens (including phenoxy) is 1. The molecule has 0 atom stereocenters. The number of halogens is 1. The number of hydrogen-bond donors (Lipinski definition) is 2. The van der Waals surface area contributed by atoms with Crippen molar-refractivity contribution in [2.45, 2.75) is 31.6 Å². The molecule has 1 fully saturated rings. The van der Waals surface area contributed by atoms with Crippen LogP contribution in [0.4, 0.5) is 4.39 Å². The van der Waals surface area contributed by atoms with E-state index in [4.69, 9.17) is 4.74 Å². The number of nitrogens with zero attached hydrogens (tertiary/aromatic N) is 1. The molecule has 148 valence electrons. The zero-order valence-corrected chi connectivity index (χ0v) is 15.7. The lowest BCUT2D eigenvalue weighted by Gasteiger charge is -2.30. The Hall–Kier alpha value is -3.16. The van der Waals surface area contributed by atoms with Gasteiger partial charge in [-0.2, -0.15) is 0 Å². The van der Waals surface area contributed by atoms with Crippen molar-refractivity contribution < 1.29 is 18.7 Å². The standard InChI is InChI=1S/C20H22FN3O4/c1-22-19(26)17-7-13(18(25)23-15-8-14(21)9-15)11-24(20(17)27)10-12-4-3-5-16(6-12)28-2/h3-7,11,14-15H,8-10H2,1-2H3,(H,22,26)(H,23,25). The van der Waals surface area contributed by atoms with Gasteiger partial charge in [0.15, 0.2) is 0 Å². The molecule has 1 aliphatic carbocycles. The van der Waals surface area contributed by atoms with Crippen molar-refractivity contribution in [3.05, 3.63) is 63.6 Å². The molecule has 0 radical (unpaired) electrons. The molecular weight excluding hydrogens is 365 g/mol. The lowest BCUT2D eigenvalue weighted by Crippen LogP contribution is -2.45. The second-order valence-corrected chi connectivity index (χ2v) is 6.75. The smallest absolute Gasteiger partial charge is 0.263 e. The highest BCUT2D eigenvalue weighted by Gasteiger charge is 2.30. The quantitative estimate of drug-likeness (QED) is 0.786. The van der Waals surface area contributed by atoms with Crippen LogP contribution in [0.1, 0.15) is 39.1 Å². The molecule has 0 bridgehead atoms. The zero-order valence-electron chi connectivity index (χ0n) is 15.7. The molecule has 1 aromatic carbocycles. The van der Waals surface area contributed by atoms with E-state index in [9.17, 15) is 18.8 Å². The minimum Gasteiger partial charge on any atom is -0.497 e. The summed E-state index contributed by atoms with van der Waals surface area (Å²) in [5.74, 6) is -0.385. The summed E-state index contributed by atoms with van der Waals surface area (Å²) in [5.41, 5.74) is 0.311. The molecule has 8 heteroatoms. The van der Waals surface area contributed by atoms with Crippen LogP contribution in [0.3, 0.4) is 0 Å². The van der Waals surface area contributed by atoms with Crippen LogP contribution in [-0.2, 0) is 6.54 Å².